The highest BCUT2D eigenvalue weighted by Crippen LogP contribution is 2.13. The Kier molecular flexibility index (Phi) is 9.69. The molecule has 0 aromatic heterocycles. The van der Waals surface area contributed by atoms with Crippen LogP contribution < -0.4 is 16.0 Å². The van der Waals surface area contributed by atoms with Gasteiger partial charge in [-0.05, 0) is 50.4 Å². The molecule has 6 heteroatoms. The maximum Gasteiger partial charge on any atom is 0.221 e. The highest BCUT2D eigenvalue weighted by molar-refractivity contribution is 5.81. The molecule has 0 aliphatic carbocycles. The molecule has 0 bridgehead atoms. The lowest BCUT2D eigenvalue weighted by molar-refractivity contribution is -0.120. The maximum absolute atomic E-state index is 11.7. The summed E-state index contributed by atoms with van der Waals surface area (Å²) in [6, 6.07) is 8.75. The number of rotatable bonds is 10. The van der Waals surface area contributed by atoms with Crippen LogP contribution in [-0.2, 0) is 17.9 Å². The van der Waals surface area contributed by atoms with Crippen LogP contribution in [0.15, 0.2) is 29.3 Å². The van der Waals surface area contributed by atoms with Crippen LogP contribution in [0.1, 0.15) is 50.7 Å². The van der Waals surface area contributed by atoms with Crippen LogP contribution in [0.25, 0.3) is 0 Å². The molecular formula is C21H35N5O. The van der Waals surface area contributed by atoms with Crippen LogP contribution >= 0.6 is 0 Å². The van der Waals surface area contributed by atoms with Crippen molar-refractivity contribution >= 4 is 11.9 Å². The minimum atomic E-state index is 0.0776. The average molecular weight is 374 g/mol. The Bertz CT molecular complexity index is 579. The highest BCUT2D eigenvalue weighted by Gasteiger charge is 2.11. The molecule has 3 N–H and O–H groups in total. The normalized spacial score (nSPS) is 15.0. The van der Waals surface area contributed by atoms with Crippen molar-refractivity contribution in [2.75, 3.05) is 32.7 Å². The van der Waals surface area contributed by atoms with Crippen molar-refractivity contribution in [2.24, 2.45) is 4.99 Å². The Morgan fingerprint density at radius 3 is 2.37 bits per heavy atom. The number of carbonyl (C=O) groups excluding carboxylic acids is 1. The topological polar surface area (TPSA) is 68.8 Å². The molecule has 1 aromatic rings. The Hall–Kier alpha value is -2.08. The molecule has 1 amide bonds. The van der Waals surface area contributed by atoms with Crippen molar-refractivity contribution in [3.05, 3.63) is 35.4 Å². The van der Waals surface area contributed by atoms with Gasteiger partial charge in [-0.15, -0.1) is 0 Å². The van der Waals surface area contributed by atoms with Gasteiger partial charge in [0.15, 0.2) is 5.96 Å². The average Bonchev–Trinajstić information content (AvgIpc) is 3.18. The zero-order valence-electron chi connectivity index (χ0n) is 16.9. The van der Waals surface area contributed by atoms with Crippen molar-refractivity contribution in [3.63, 3.8) is 0 Å². The van der Waals surface area contributed by atoms with E-state index in [0.717, 1.165) is 32.0 Å². The van der Waals surface area contributed by atoms with Crippen molar-refractivity contribution in [1.29, 1.82) is 0 Å². The number of guanidine groups is 1. The third kappa shape index (κ3) is 8.43. The number of benzene rings is 1. The van der Waals surface area contributed by atoms with Gasteiger partial charge in [-0.3, -0.25) is 9.69 Å². The van der Waals surface area contributed by atoms with E-state index in [1.165, 1.54) is 37.1 Å². The molecule has 1 heterocycles. The Labute approximate surface area is 163 Å². The molecule has 1 aromatic carbocycles. The number of hydrogen-bond donors (Lipinski definition) is 3. The second kappa shape index (κ2) is 12.3. The molecule has 0 radical (unpaired) electrons. The molecule has 6 nitrogen and oxygen atoms in total. The second-order valence-electron chi connectivity index (χ2n) is 7.02. The lowest BCUT2D eigenvalue weighted by atomic mass is 10.1. The van der Waals surface area contributed by atoms with E-state index in [9.17, 15) is 4.79 Å². The van der Waals surface area contributed by atoms with Crippen molar-refractivity contribution in [1.82, 2.24) is 20.9 Å². The van der Waals surface area contributed by atoms with E-state index < -0.39 is 0 Å². The summed E-state index contributed by atoms with van der Waals surface area (Å²) in [5.74, 6) is 0.829. The first-order valence-electron chi connectivity index (χ1n) is 10.3. The molecule has 1 fully saturated rings. The largest absolute Gasteiger partial charge is 0.357 e. The van der Waals surface area contributed by atoms with Crippen molar-refractivity contribution in [3.8, 4) is 0 Å². The predicted molar refractivity (Wildman–Crippen MR) is 112 cm³/mol. The van der Waals surface area contributed by atoms with E-state index in [1.54, 1.807) is 0 Å². The summed E-state index contributed by atoms with van der Waals surface area (Å²) in [6.07, 6.45) is 4.07. The van der Waals surface area contributed by atoms with Gasteiger partial charge < -0.3 is 16.0 Å². The van der Waals surface area contributed by atoms with Gasteiger partial charge in [0.05, 0.1) is 6.54 Å². The highest BCUT2D eigenvalue weighted by atomic mass is 16.1. The number of hydrogen-bond acceptors (Lipinski definition) is 3. The smallest absolute Gasteiger partial charge is 0.221 e. The predicted octanol–water partition coefficient (Wildman–Crippen LogP) is 2.25. The fourth-order valence-electron chi connectivity index (χ4n) is 3.11. The first-order chi connectivity index (χ1) is 13.2. The van der Waals surface area contributed by atoms with Gasteiger partial charge >= 0.3 is 0 Å². The molecule has 0 unspecified atom stereocenters. The van der Waals surface area contributed by atoms with Gasteiger partial charge in [-0.1, -0.05) is 31.2 Å². The van der Waals surface area contributed by atoms with Gasteiger partial charge in [0, 0.05) is 32.6 Å². The number of nitrogens with zero attached hydrogens (tertiary/aromatic N) is 2. The van der Waals surface area contributed by atoms with Gasteiger partial charge in [0.2, 0.25) is 5.91 Å². The first kappa shape index (κ1) is 21.2. The van der Waals surface area contributed by atoms with Gasteiger partial charge in [-0.25, -0.2) is 4.99 Å². The van der Waals surface area contributed by atoms with Crippen LogP contribution in [0, 0.1) is 0 Å². The summed E-state index contributed by atoms with van der Waals surface area (Å²) >= 11 is 0. The van der Waals surface area contributed by atoms with Crippen molar-refractivity contribution < 1.29 is 4.79 Å². The van der Waals surface area contributed by atoms with Crippen LogP contribution in [-0.4, -0.2) is 49.5 Å². The molecule has 150 valence electrons. The summed E-state index contributed by atoms with van der Waals surface area (Å²) in [6.45, 7) is 10.3. The summed E-state index contributed by atoms with van der Waals surface area (Å²) in [4.78, 5) is 18.8. The fraction of sp³-hybridized carbons (Fsp3) is 0.619. The molecule has 1 saturated heterocycles. The summed E-state index contributed by atoms with van der Waals surface area (Å²) in [5.41, 5.74) is 2.56. The number of amides is 1. The third-order valence-corrected chi connectivity index (χ3v) is 4.61. The lowest BCUT2D eigenvalue weighted by Crippen LogP contribution is -2.39. The zero-order chi connectivity index (χ0) is 19.3. The molecular weight excluding hydrogens is 338 g/mol. The number of likely N-dealkylation sites (tertiary alicyclic amines) is 1. The quantitative estimate of drug-likeness (QED) is 0.435. The molecule has 0 saturated carbocycles. The zero-order valence-corrected chi connectivity index (χ0v) is 16.9. The van der Waals surface area contributed by atoms with Crippen LogP contribution in [0.5, 0.6) is 0 Å². The molecule has 27 heavy (non-hydrogen) atoms. The Balaban J connectivity index is 1.77. The number of nitrogens with one attached hydrogen (secondary N) is 3. The van der Waals surface area contributed by atoms with E-state index in [1.807, 2.05) is 13.8 Å². The Morgan fingerprint density at radius 1 is 1.00 bits per heavy atom. The van der Waals surface area contributed by atoms with E-state index in [0.29, 0.717) is 19.5 Å². The molecule has 1 aliphatic heterocycles. The summed E-state index contributed by atoms with van der Waals surface area (Å²) < 4.78 is 0. The minimum absolute atomic E-state index is 0.0776. The van der Waals surface area contributed by atoms with Crippen molar-refractivity contribution in [2.45, 2.75) is 52.6 Å². The monoisotopic (exact) mass is 373 g/mol. The standard InChI is InChI=1S/C21H35N5O/c1-3-12-23-20(27)11-13-24-21(22-4-2)25-16-18-7-9-19(10-8-18)17-26-14-5-6-15-26/h7-10H,3-6,11-17H2,1-2H3,(H,23,27)(H2,22,24,25). The maximum atomic E-state index is 11.7. The SMILES string of the molecule is CCCNC(=O)CCNC(=NCc1ccc(CN2CCCC2)cc1)NCC. The summed E-state index contributed by atoms with van der Waals surface area (Å²) in [7, 11) is 0. The van der Waals surface area contributed by atoms with Gasteiger partial charge in [0.25, 0.3) is 0 Å². The van der Waals surface area contributed by atoms with Crippen LogP contribution in [0.4, 0.5) is 0 Å². The number of aliphatic imine (C=N–C) groups is 1. The molecule has 1 aliphatic rings. The summed E-state index contributed by atoms with van der Waals surface area (Å²) in [5, 5.41) is 9.34. The Morgan fingerprint density at radius 2 is 1.70 bits per heavy atom. The first-order valence-corrected chi connectivity index (χ1v) is 10.3. The molecule has 2 rings (SSSR count). The van der Waals surface area contributed by atoms with Crippen LogP contribution in [0.3, 0.4) is 0 Å². The fourth-order valence-corrected chi connectivity index (χ4v) is 3.11. The lowest BCUT2D eigenvalue weighted by Gasteiger charge is -2.14. The van der Waals surface area contributed by atoms with Gasteiger partial charge in [-0.2, -0.15) is 0 Å². The molecule has 0 spiro atoms. The second-order valence-corrected chi connectivity index (χ2v) is 7.02. The van der Waals surface area contributed by atoms with E-state index >= 15 is 0 Å². The van der Waals surface area contributed by atoms with E-state index in [4.69, 9.17) is 0 Å². The minimum Gasteiger partial charge on any atom is -0.357 e. The number of carbonyl (C=O) groups is 1. The van der Waals surface area contributed by atoms with E-state index in [-0.39, 0.29) is 5.91 Å². The molecule has 0 atom stereocenters. The van der Waals surface area contributed by atoms with Gasteiger partial charge in [0.1, 0.15) is 0 Å². The third-order valence-electron chi connectivity index (χ3n) is 4.61. The van der Waals surface area contributed by atoms with Crippen LogP contribution in [0.2, 0.25) is 0 Å². The van der Waals surface area contributed by atoms with E-state index in [2.05, 4.69) is 50.1 Å².